The highest BCUT2D eigenvalue weighted by Crippen LogP contribution is 2.28. The molecule has 0 unspecified atom stereocenters. The number of fused-ring (bicyclic) bond motifs is 1. The van der Waals surface area contributed by atoms with Gasteiger partial charge in [0.05, 0.1) is 10.6 Å². The Kier molecular flexibility index (Phi) is 4.99. The summed E-state index contributed by atoms with van der Waals surface area (Å²) < 4.78 is 5.87. The van der Waals surface area contributed by atoms with Crippen molar-refractivity contribution in [3.63, 3.8) is 0 Å². The van der Waals surface area contributed by atoms with Crippen LogP contribution in [-0.4, -0.2) is 16.1 Å². The number of aryl methyl sites for hydroxylation is 1. The number of nitro benzene ring substituents is 1. The van der Waals surface area contributed by atoms with Crippen molar-refractivity contribution in [1.82, 2.24) is 4.98 Å². The van der Waals surface area contributed by atoms with E-state index < -0.39 is 4.92 Å². The second kappa shape index (κ2) is 7.90. The summed E-state index contributed by atoms with van der Waals surface area (Å²) in [6, 6.07) is 19.8. The number of hydrogen-bond donors (Lipinski definition) is 0. The van der Waals surface area contributed by atoms with Crippen molar-refractivity contribution >= 4 is 34.8 Å². The number of benzene rings is 3. The minimum Gasteiger partial charge on any atom is -0.436 e. The normalized spacial score (nSPS) is 11.6. The summed E-state index contributed by atoms with van der Waals surface area (Å²) >= 11 is 0. The molecule has 0 saturated carbocycles. The molecule has 0 N–H and O–H groups in total. The minimum atomic E-state index is -0.417. The van der Waals surface area contributed by atoms with E-state index in [1.165, 1.54) is 12.1 Å². The van der Waals surface area contributed by atoms with Crippen molar-refractivity contribution in [2.45, 2.75) is 6.92 Å². The molecule has 6 heteroatoms. The summed E-state index contributed by atoms with van der Waals surface area (Å²) in [6.07, 6.45) is 5.30. The van der Waals surface area contributed by atoms with Crippen LogP contribution in [0.4, 0.5) is 11.4 Å². The standard InChI is InChI=1S/C23H17N3O3/c1-16-5-2-9-21-22(16)25-23(29-21)18-7-3-8-19(15-18)24-14-4-6-17-10-12-20(13-11-17)26(27)28/h2-15H,1H3/b6-4+,24-14?. The molecule has 0 aliphatic rings. The average molecular weight is 383 g/mol. The van der Waals surface area contributed by atoms with Crippen LogP contribution in [0.5, 0.6) is 0 Å². The summed E-state index contributed by atoms with van der Waals surface area (Å²) in [5.41, 5.74) is 5.26. The average Bonchev–Trinajstić information content (AvgIpc) is 3.18. The van der Waals surface area contributed by atoms with Crippen LogP contribution in [0.2, 0.25) is 0 Å². The van der Waals surface area contributed by atoms with Crippen LogP contribution >= 0.6 is 0 Å². The molecule has 0 saturated heterocycles. The first-order chi connectivity index (χ1) is 14.1. The van der Waals surface area contributed by atoms with E-state index in [0.29, 0.717) is 5.89 Å². The lowest BCUT2D eigenvalue weighted by atomic mass is 10.2. The van der Waals surface area contributed by atoms with Gasteiger partial charge in [-0.2, -0.15) is 0 Å². The Balaban J connectivity index is 1.51. The third-order valence-electron chi connectivity index (χ3n) is 4.42. The van der Waals surface area contributed by atoms with Crippen molar-refractivity contribution in [2.24, 2.45) is 4.99 Å². The zero-order chi connectivity index (χ0) is 20.2. The van der Waals surface area contributed by atoms with Gasteiger partial charge in [0.2, 0.25) is 5.89 Å². The molecule has 0 spiro atoms. The number of nitro groups is 1. The van der Waals surface area contributed by atoms with Gasteiger partial charge in [0.25, 0.3) is 5.69 Å². The second-order valence-corrected chi connectivity index (χ2v) is 6.48. The lowest BCUT2D eigenvalue weighted by Gasteiger charge is -1.97. The number of nitrogens with zero attached hydrogens (tertiary/aromatic N) is 3. The number of allylic oxidation sites excluding steroid dienone is 1. The van der Waals surface area contributed by atoms with Crippen molar-refractivity contribution in [2.75, 3.05) is 0 Å². The zero-order valence-corrected chi connectivity index (χ0v) is 15.6. The Bertz CT molecular complexity index is 1240. The van der Waals surface area contributed by atoms with E-state index in [1.54, 1.807) is 24.4 Å². The highest BCUT2D eigenvalue weighted by Gasteiger charge is 2.09. The van der Waals surface area contributed by atoms with Gasteiger partial charge in [0.1, 0.15) is 5.52 Å². The van der Waals surface area contributed by atoms with Gasteiger partial charge in [-0.05, 0) is 60.5 Å². The molecule has 0 radical (unpaired) electrons. The van der Waals surface area contributed by atoms with Crippen molar-refractivity contribution in [1.29, 1.82) is 0 Å². The van der Waals surface area contributed by atoms with Gasteiger partial charge < -0.3 is 4.42 Å². The highest BCUT2D eigenvalue weighted by atomic mass is 16.6. The molecule has 0 atom stereocenters. The van der Waals surface area contributed by atoms with E-state index in [4.69, 9.17) is 4.42 Å². The van der Waals surface area contributed by atoms with Crippen LogP contribution in [0.25, 0.3) is 28.6 Å². The number of oxazole rings is 1. The molecule has 0 aliphatic heterocycles. The number of para-hydroxylation sites is 1. The Hall–Kier alpha value is -4.06. The van der Waals surface area contributed by atoms with Gasteiger partial charge in [0, 0.05) is 23.9 Å². The molecule has 0 bridgehead atoms. The Labute approximate surface area is 167 Å². The highest BCUT2D eigenvalue weighted by molar-refractivity contribution is 5.82. The van der Waals surface area contributed by atoms with E-state index in [9.17, 15) is 10.1 Å². The van der Waals surface area contributed by atoms with E-state index in [1.807, 2.05) is 55.5 Å². The molecule has 0 amide bonds. The number of aliphatic imine (C=N–C) groups is 1. The molecular formula is C23H17N3O3. The topological polar surface area (TPSA) is 81.5 Å². The molecule has 0 fully saturated rings. The Morgan fingerprint density at radius 3 is 2.62 bits per heavy atom. The monoisotopic (exact) mass is 383 g/mol. The number of hydrogen-bond acceptors (Lipinski definition) is 5. The molecular weight excluding hydrogens is 366 g/mol. The molecule has 29 heavy (non-hydrogen) atoms. The van der Waals surface area contributed by atoms with Gasteiger partial charge in [-0.15, -0.1) is 0 Å². The number of rotatable bonds is 5. The third-order valence-corrected chi connectivity index (χ3v) is 4.42. The van der Waals surface area contributed by atoms with Gasteiger partial charge in [0.15, 0.2) is 5.58 Å². The fraction of sp³-hybridized carbons (Fsp3) is 0.0435. The minimum absolute atomic E-state index is 0.0713. The van der Waals surface area contributed by atoms with E-state index in [2.05, 4.69) is 9.98 Å². The molecule has 1 heterocycles. The quantitative estimate of drug-likeness (QED) is 0.236. The summed E-state index contributed by atoms with van der Waals surface area (Å²) in [7, 11) is 0. The molecule has 142 valence electrons. The van der Waals surface area contributed by atoms with Gasteiger partial charge in [-0.25, -0.2) is 4.98 Å². The van der Waals surface area contributed by atoms with Crippen LogP contribution in [0.15, 0.2) is 82.2 Å². The van der Waals surface area contributed by atoms with E-state index >= 15 is 0 Å². The molecule has 3 aromatic carbocycles. The van der Waals surface area contributed by atoms with E-state index in [0.717, 1.165) is 33.5 Å². The summed E-state index contributed by atoms with van der Waals surface area (Å²) in [4.78, 5) is 19.3. The largest absolute Gasteiger partial charge is 0.436 e. The lowest BCUT2D eigenvalue weighted by Crippen LogP contribution is -1.86. The lowest BCUT2D eigenvalue weighted by molar-refractivity contribution is -0.384. The maximum Gasteiger partial charge on any atom is 0.269 e. The SMILES string of the molecule is Cc1cccc2oc(-c3cccc(N=C/C=C/c4ccc([N+](=O)[O-])cc4)c3)nc12. The van der Waals surface area contributed by atoms with Gasteiger partial charge in [-0.1, -0.05) is 24.3 Å². The van der Waals surface area contributed by atoms with Crippen LogP contribution < -0.4 is 0 Å². The van der Waals surface area contributed by atoms with Gasteiger partial charge in [-0.3, -0.25) is 15.1 Å². The fourth-order valence-electron chi connectivity index (χ4n) is 2.92. The van der Waals surface area contributed by atoms with Crippen molar-refractivity contribution in [3.8, 4) is 11.5 Å². The number of aromatic nitrogens is 1. The first-order valence-electron chi connectivity index (χ1n) is 9.02. The Morgan fingerprint density at radius 2 is 1.86 bits per heavy atom. The summed E-state index contributed by atoms with van der Waals surface area (Å²) in [5.74, 6) is 0.563. The molecule has 6 nitrogen and oxygen atoms in total. The predicted octanol–water partition coefficient (Wildman–Crippen LogP) is 6.13. The van der Waals surface area contributed by atoms with Crippen LogP contribution in [-0.2, 0) is 0 Å². The fourth-order valence-corrected chi connectivity index (χ4v) is 2.92. The van der Waals surface area contributed by atoms with Gasteiger partial charge >= 0.3 is 0 Å². The summed E-state index contributed by atoms with van der Waals surface area (Å²) in [5, 5.41) is 10.7. The third kappa shape index (κ3) is 4.11. The predicted molar refractivity (Wildman–Crippen MR) is 114 cm³/mol. The second-order valence-electron chi connectivity index (χ2n) is 6.48. The maximum absolute atomic E-state index is 10.7. The molecule has 4 rings (SSSR count). The maximum atomic E-state index is 10.7. The van der Waals surface area contributed by atoms with Crippen molar-refractivity contribution < 1.29 is 9.34 Å². The van der Waals surface area contributed by atoms with Crippen LogP contribution in [0.1, 0.15) is 11.1 Å². The van der Waals surface area contributed by atoms with Crippen LogP contribution in [0.3, 0.4) is 0 Å². The zero-order valence-electron chi connectivity index (χ0n) is 15.6. The Morgan fingerprint density at radius 1 is 1.07 bits per heavy atom. The van der Waals surface area contributed by atoms with Crippen molar-refractivity contribution in [3.05, 3.63) is 94.0 Å². The first-order valence-corrected chi connectivity index (χ1v) is 9.02. The van der Waals surface area contributed by atoms with E-state index in [-0.39, 0.29) is 5.69 Å². The molecule has 1 aromatic heterocycles. The first kappa shape index (κ1) is 18.3. The molecule has 0 aliphatic carbocycles. The molecule has 4 aromatic rings. The number of non-ortho nitro benzene ring substituents is 1. The van der Waals surface area contributed by atoms with Crippen LogP contribution in [0, 0.1) is 17.0 Å². The smallest absolute Gasteiger partial charge is 0.269 e. The summed E-state index contributed by atoms with van der Waals surface area (Å²) in [6.45, 7) is 2.01.